The lowest BCUT2D eigenvalue weighted by molar-refractivity contribution is -0.123. The Balaban J connectivity index is 1.80. The van der Waals surface area contributed by atoms with E-state index >= 15 is 0 Å². The molecule has 1 atom stereocenters. The molecule has 2 rings (SSSR count). The summed E-state index contributed by atoms with van der Waals surface area (Å²) >= 11 is 2.19. The van der Waals surface area contributed by atoms with Gasteiger partial charge in [0.2, 0.25) is 0 Å². The van der Waals surface area contributed by atoms with Crippen LogP contribution in [0.15, 0.2) is 47.6 Å². The number of carbonyl (C=O) groups excluding carboxylic acids is 1. The minimum absolute atomic E-state index is 0.0832. The second-order valence-corrected chi connectivity index (χ2v) is 7.02. The summed E-state index contributed by atoms with van der Waals surface area (Å²) in [5.74, 6) is 1.68. The van der Waals surface area contributed by atoms with E-state index in [4.69, 9.17) is 9.47 Å². The standard InChI is InChI=1S/C20H23IN2O3/c1-4-14(2)16-6-8-17(9-7-16)26-13-20(24)23-22-12-15-5-10-19(25-3)18(21)11-15/h5-12,14H,4,13H2,1-3H3,(H,23,24). The van der Waals surface area contributed by atoms with Crippen LogP contribution in [-0.4, -0.2) is 25.8 Å². The van der Waals surface area contributed by atoms with Crippen molar-refractivity contribution in [3.63, 3.8) is 0 Å². The molecular weight excluding hydrogens is 443 g/mol. The number of amides is 1. The molecule has 2 aromatic rings. The van der Waals surface area contributed by atoms with Gasteiger partial charge in [0.1, 0.15) is 11.5 Å². The zero-order valence-electron chi connectivity index (χ0n) is 15.2. The van der Waals surface area contributed by atoms with Crippen molar-refractivity contribution in [2.24, 2.45) is 5.10 Å². The zero-order valence-corrected chi connectivity index (χ0v) is 17.3. The average molecular weight is 466 g/mol. The predicted molar refractivity (Wildman–Crippen MR) is 112 cm³/mol. The highest BCUT2D eigenvalue weighted by molar-refractivity contribution is 14.1. The van der Waals surface area contributed by atoms with Gasteiger partial charge < -0.3 is 9.47 Å². The summed E-state index contributed by atoms with van der Waals surface area (Å²) in [6, 6.07) is 13.5. The van der Waals surface area contributed by atoms with Gasteiger partial charge in [-0.2, -0.15) is 5.10 Å². The monoisotopic (exact) mass is 466 g/mol. The van der Waals surface area contributed by atoms with Crippen molar-refractivity contribution < 1.29 is 14.3 Å². The van der Waals surface area contributed by atoms with Gasteiger partial charge in [0, 0.05) is 0 Å². The fourth-order valence-electron chi connectivity index (χ4n) is 2.25. The Hall–Kier alpha value is -2.09. The summed E-state index contributed by atoms with van der Waals surface area (Å²) in [6.45, 7) is 4.26. The van der Waals surface area contributed by atoms with Gasteiger partial charge in [0.25, 0.3) is 5.91 Å². The second kappa shape index (κ2) is 10.2. The third kappa shape index (κ3) is 6.01. The van der Waals surface area contributed by atoms with Crippen molar-refractivity contribution in [1.82, 2.24) is 5.43 Å². The van der Waals surface area contributed by atoms with E-state index in [0.717, 1.165) is 21.3 Å². The lowest BCUT2D eigenvalue weighted by Crippen LogP contribution is -2.24. The molecule has 0 fully saturated rings. The highest BCUT2D eigenvalue weighted by Crippen LogP contribution is 2.22. The minimum Gasteiger partial charge on any atom is -0.496 e. The van der Waals surface area contributed by atoms with Crippen LogP contribution in [0.4, 0.5) is 0 Å². The van der Waals surface area contributed by atoms with Crippen molar-refractivity contribution in [2.45, 2.75) is 26.2 Å². The number of methoxy groups -OCH3 is 1. The van der Waals surface area contributed by atoms with Crippen molar-refractivity contribution in [1.29, 1.82) is 0 Å². The highest BCUT2D eigenvalue weighted by Gasteiger charge is 2.05. The predicted octanol–water partition coefficient (Wildman–Crippen LogP) is 4.34. The van der Waals surface area contributed by atoms with Crippen LogP contribution in [0.2, 0.25) is 0 Å². The maximum absolute atomic E-state index is 11.8. The van der Waals surface area contributed by atoms with Crippen LogP contribution in [-0.2, 0) is 4.79 Å². The van der Waals surface area contributed by atoms with E-state index in [1.165, 1.54) is 5.56 Å². The van der Waals surface area contributed by atoms with E-state index in [1.54, 1.807) is 13.3 Å². The van der Waals surface area contributed by atoms with Crippen LogP contribution in [0.1, 0.15) is 37.3 Å². The summed E-state index contributed by atoms with van der Waals surface area (Å²) < 4.78 is 11.7. The molecule has 5 nitrogen and oxygen atoms in total. The first kappa shape index (κ1) is 20.2. The zero-order chi connectivity index (χ0) is 18.9. The van der Waals surface area contributed by atoms with Gasteiger partial charge in [0.05, 0.1) is 16.9 Å². The maximum Gasteiger partial charge on any atom is 0.277 e. The van der Waals surface area contributed by atoms with Crippen LogP contribution < -0.4 is 14.9 Å². The molecule has 0 heterocycles. The van der Waals surface area contributed by atoms with E-state index in [2.05, 4.69) is 47.0 Å². The molecule has 0 aromatic heterocycles. The van der Waals surface area contributed by atoms with Crippen LogP contribution in [0.3, 0.4) is 0 Å². The van der Waals surface area contributed by atoms with Crippen LogP contribution in [0.25, 0.3) is 0 Å². The van der Waals surface area contributed by atoms with E-state index < -0.39 is 0 Å². The molecule has 26 heavy (non-hydrogen) atoms. The Bertz CT molecular complexity index is 760. The number of ether oxygens (including phenoxy) is 2. The first-order chi connectivity index (χ1) is 12.5. The molecule has 0 saturated carbocycles. The number of hydrazone groups is 1. The first-order valence-electron chi connectivity index (χ1n) is 8.41. The van der Waals surface area contributed by atoms with Gasteiger partial charge in [0.15, 0.2) is 6.61 Å². The Morgan fingerprint density at radius 1 is 1.27 bits per heavy atom. The molecular formula is C20H23IN2O3. The normalized spacial score (nSPS) is 12.0. The molecule has 0 aliphatic heterocycles. The Morgan fingerprint density at radius 3 is 2.62 bits per heavy atom. The number of hydrogen-bond donors (Lipinski definition) is 1. The average Bonchev–Trinajstić information content (AvgIpc) is 2.66. The Kier molecular flexibility index (Phi) is 7.90. The van der Waals surface area contributed by atoms with E-state index in [0.29, 0.717) is 11.7 Å². The molecule has 0 radical (unpaired) electrons. The van der Waals surface area contributed by atoms with Crippen molar-refractivity contribution in [3.05, 3.63) is 57.2 Å². The molecule has 0 spiro atoms. The summed E-state index contributed by atoms with van der Waals surface area (Å²) in [5.41, 5.74) is 4.60. The van der Waals surface area contributed by atoms with E-state index in [-0.39, 0.29) is 12.5 Å². The fraction of sp³-hybridized carbons (Fsp3) is 0.300. The number of nitrogens with zero attached hydrogens (tertiary/aromatic N) is 1. The van der Waals surface area contributed by atoms with Gasteiger partial charge in [-0.05, 0) is 76.4 Å². The van der Waals surface area contributed by atoms with Crippen molar-refractivity contribution >= 4 is 34.7 Å². The lowest BCUT2D eigenvalue weighted by Gasteiger charge is -2.10. The molecule has 0 bridgehead atoms. The number of hydrogen-bond acceptors (Lipinski definition) is 4. The molecule has 2 aromatic carbocycles. The van der Waals surface area contributed by atoms with Gasteiger partial charge in [-0.1, -0.05) is 26.0 Å². The maximum atomic E-state index is 11.8. The van der Waals surface area contributed by atoms with Crippen LogP contribution in [0.5, 0.6) is 11.5 Å². The van der Waals surface area contributed by atoms with Gasteiger partial charge in [-0.3, -0.25) is 4.79 Å². The topological polar surface area (TPSA) is 59.9 Å². The number of nitrogens with one attached hydrogen (secondary N) is 1. The SMILES string of the molecule is CCC(C)c1ccc(OCC(=O)NN=Cc2ccc(OC)c(I)c2)cc1. The summed E-state index contributed by atoms with van der Waals surface area (Å²) in [6.07, 6.45) is 2.67. The minimum atomic E-state index is -0.310. The summed E-state index contributed by atoms with van der Waals surface area (Å²) in [7, 11) is 1.63. The number of rotatable bonds is 8. The highest BCUT2D eigenvalue weighted by atomic mass is 127. The van der Waals surface area contributed by atoms with Gasteiger partial charge in [-0.25, -0.2) is 5.43 Å². The molecule has 6 heteroatoms. The lowest BCUT2D eigenvalue weighted by atomic mass is 9.99. The Labute approximate surface area is 167 Å². The van der Waals surface area contributed by atoms with Gasteiger partial charge >= 0.3 is 0 Å². The Morgan fingerprint density at radius 2 is 2.00 bits per heavy atom. The number of carbonyl (C=O) groups is 1. The number of benzene rings is 2. The summed E-state index contributed by atoms with van der Waals surface area (Å²) in [5, 5.41) is 3.95. The number of halogens is 1. The third-order valence-electron chi connectivity index (χ3n) is 4.01. The molecule has 0 aliphatic rings. The van der Waals surface area contributed by atoms with Crippen LogP contribution in [0, 0.1) is 3.57 Å². The largest absolute Gasteiger partial charge is 0.496 e. The van der Waals surface area contributed by atoms with Crippen molar-refractivity contribution in [3.8, 4) is 11.5 Å². The molecule has 1 N–H and O–H groups in total. The summed E-state index contributed by atoms with van der Waals surface area (Å²) in [4.78, 5) is 11.8. The van der Waals surface area contributed by atoms with E-state index in [9.17, 15) is 4.79 Å². The first-order valence-corrected chi connectivity index (χ1v) is 9.49. The molecule has 138 valence electrons. The smallest absolute Gasteiger partial charge is 0.277 e. The van der Waals surface area contributed by atoms with Crippen molar-refractivity contribution in [2.75, 3.05) is 13.7 Å². The quantitative estimate of drug-likeness (QED) is 0.358. The third-order valence-corrected chi connectivity index (χ3v) is 4.85. The molecule has 0 aliphatic carbocycles. The van der Waals surface area contributed by atoms with E-state index in [1.807, 2.05) is 42.5 Å². The molecule has 1 amide bonds. The molecule has 1 unspecified atom stereocenters. The fourth-order valence-corrected chi connectivity index (χ4v) is 3.01. The van der Waals surface area contributed by atoms with Crippen LogP contribution >= 0.6 is 22.6 Å². The van der Waals surface area contributed by atoms with Gasteiger partial charge in [-0.15, -0.1) is 0 Å². The second-order valence-electron chi connectivity index (χ2n) is 5.85. The molecule has 0 saturated heterocycles.